The SMILES string of the molecule is CCCN1CCC(NC(C)Cc2ccccc2)CC1. The maximum absolute atomic E-state index is 3.80. The lowest BCUT2D eigenvalue weighted by Gasteiger charge is -2.33. The third kappa shape index (κ3) is 4.96. The van der Waals surface area contributed by atoms with Gasteiger partial charge in [0.15, 0.2) is 0 Å². The number of nitrogens with zero attached hydrogens (tertiary/aromatic N) is 1. The quantitative estimate of drug-likeness (QED) is 0.845. The standard InChI is InChI=1S/C17H28N2/c1-3-11-19-12-9-17(10-13-19)18-15(2)14-16-7-5-4-6-8-16/h4-8,15,17-18H,3,9-14H2,1-2H3. The van der Waals surface area contributed by atoms with E-state index in [1.807, 2.05) is 0 Å². The van der Waals surface area contributed by atoms with Gasteiger partial charge in [0.25, 0.3) is 0 Å². The zero-order valence-electron chi connectivity index (χ0n) is 12.4. The van der Waals surface area contributed by atoms with Crippen LogP contribution in [0.4, 0.5) is 0 Å². The smallest absolute Gasteiger partial charge is 0.00940 e. The molecule has 106 valence electrons. The summed E-state index contributed by atoms with van der Waals surface area (Å²) < 4.78 is 0. The summed E-state index contributed by atoms with van der Waals surface area (Å²) in [5.41, 5.74) is 1.44. The first-order valence-corrected chi connectivity index (χ1v) is 7.80. The predicted molar refractivity (Wildman–Crippen MR) is 82.5 cm³/mol. The zero-order valence-corrected chi connectivity index (χ0v) is 12.4. The van der Waals surface area contributed by atoms with Gasteiger partial charge in [0.05, 0.1) is 0 Å². The fraction of sp³-hybridized carbons (Fsp3) is 0.647. The van der Waals surface area contributed by atoms with Crippen LogP contribution in [0, 0.1) is 0 Å². The number of likely N-dealkylation sites (tertiary alicyclic amines) is 1. The molecule has 1 aromatic rings. The topological polar surface area (TPSA) is 15.3 Å². The van der Waals surface area contributed by atoms with Gasteiger partial charge in [0, 0.05) is 12.1 Å². The van der Waals surface area contributed by atoms with Crippen molar-refractivity contribution in [3.63, 3.8) is 0 Å². The second-order valence-corrected chi connectivity index (χ2v) is 5.87. The molecule has 1 unspecified atom stereocenters. The molecule has 1 aliphatic rings. The number of hydrogen-bond acceptors (Lipinski definition) is 2. The molecular formula is C17H28N2. The van der Waals surface area contributed by atoms with Gasteiger partial charge in [-0.1, -0.05) is 37.3 Å². The van der Waals surface area contributed by atoms with Gasteiger partial charge in [-0.05, 0) is 57.8 Å². The van der Waals surface area contributed by atoms with E-state index in [0.29, 0.717) is 12.1 Å². The Morgan fingerprint density at radius 2 is 1.89 bits per heavy atom. The molecule has 1 N–H and O–H groups in total. The number of nitrogens with one attached hydrogen (secondary N) is 1. The van der Waals surface area contributed by atoms with Crippen LogP contribution in [0.1, 0.15) is 38.7 Å². The van der Waals surface area contributed by atoms with Crippen LogP contribution in [0.2, 0.25) is 0 Å². The maximum atomic E-state index is 3.80. The van der Waals surface area contributed by atoms with Crippen molar-refractivity contribution in [2.24, 2.45) is 0 Å². The molecule has 0 aromatic heterocycles. The third-order valence-electron chi connectivity index (χ3n) is 4.03. The summed E-state index contributed by atoms with van der Waals surface area (Å²) >= 11 is 0. The van der Waals surface area contributed by atoms with E-state index in [-0.39, 0.29) is 0 Å². The summed E-state index contributed by atoms with van der Waals surface area (Å²) in [5.74, 6) is 0. The van der Waals surface area contributed by atoms with Gasteiger partial charge in [0.2, 0.25) is 0 Å². The normalized spacial score (nSPS) is 19.5. The predicted octanol–water partition coefficient (Wildman–Crippen LogP) is 3.08. The van der Waals surface area contributed by atoms with Gasteiger partial charge in [-0.25, -0.2) is 0 Å². The molecule has 0 amide bonds. The molecule has 2 heteroatoms. The van der Waals surface area contributed by atoms with Crippen LogP contribution in [-0.4, -0.2) is 36.6 Å². The van der Waals surface area contributed by atoms with Crippen LogP contribution >= 0.6 is 0 Å². The number of benzene rings is 1. The fourth-order valence-electron chi connectivity index (χ4n) is 3.07. The highest BCUT2D eigenvalue weighted by Crippen LogP contribution is 2.12. The minimum atomic E-state index is 0.574. The van der Waals surface area contributed by atoms with Crippen molar-refractivity contribution < 1.29 is 0 Å². The van der Waals surface area contributed by atoms with Crippen LogP contribution in [0.25, 0.3) is 0 Å². The van der Waals surface area contributed by atoms with Gasteiger partial charge in [-0.2, -0.15) is 0 Å². The molecule has 1 saturated heterocycles. The average molecular weight is 260 g/mol. The van der Waals surface area contributed by atoms with Crippen molar-refractivity contribution in [1.29, 1.82) is 0 Å². The molecule has 0 bridgehead atoms. The molecule has 0 radical (unpaired) electrons. The maximum Gasteiger partial charge on any atom is 0.00940 e. The van der Waals surface area contributed by atoms with Crippen molar-refractivity contribution in [1.82, 2.24) is 10.2 Å². The first-order chi connectivity index (χ1) is 9.28. The van der Waals surface area contributed by atoms with E-state index < -0.39 is 0 Å². The number of piperidine rings is 1. The number of hydrogen-bond donors (Lipinski definition) is 1. The van der Waals surface area contributed by atoms with Gasteiger partial charge in [0.1, 0.15) is 0 Å². The summed E-state index contributed by atoms with van der Waals surface area (Å²) in [5, 5.41) is 3.80. The Bertz CT molecular complexity index is 342. The average Bonchev–Trinajstić information content (AvgIpc) is 2.42. The van der Waals surface area contributed by atoms with E-state index in [1.165, 1.54) is 44.5 Å². The minimum Gasteiger partial charge on any atom is -0.311 e. The molecule has 1 fully saturated rings. The van der Waals surface area contributed by atoms with Crippen molar-refractivity contribution in [3.05, 3.63) is 35.9 Å². The monoisotopic (exact) mass is 260 g/mol. The van der Waals surface area contributed by atoms with E-state index in [9.17, 15) is 0 Å². The van der Waals surface area contributed by atoms with Crippen LogP contribution in [0.5, 0.6) is 0 Å². The summed E-state index contributed by atoms with van der Waals surface area (Å²) in [6.45, 7) is 8.39. The van der Waals surface area contributed by atoms with E-state index >= 15 is 0 Å². The Labute approximate surface area is 118 Å². The van der Waals surface area contributed by atoms with E-state index in [2.05, 4.69) is 54.4 Å². The molecule has 2 nitrogen and oxygen atoms in total. The van der Waals surface area contributed by atoms with Gasteiger partial charge in [-0.15, -0.1) is 0 Å². The van der Waals surface area contributed by atoms with Crippen molar-refractivity contribution in [2.75, 3.05) is 19.6 Å². The highest BCUT2D eigenvalue weighted by atomic mass is 15.1. The summed E-state index contributed by atoms with van der Waals surface area (Å²) in [6, 6.07) is 12.1. The van der Waals surface area contributed by atoms with Crippen LogP contribution < -0.4 is 5.32 Å². The molecule has 1 aliphatic heterocycles. The molecule has 0 saturated carbocycles. The molecular weight excluding hydrogens is 232 g/mol. The Hall–Kier alpha value is -0.860. The lowest BCUT2D eigenvalue weighted by atomic mass is 10.0. The molecule has 1 heterocycles. The Kier molecular flexibility index (Phi) is 5.87. The highest BCUT2D eigenvalue weighted by molar-refractivity contribution is 5.15. The molecule has 19 heavy (non-hydrogen) atoms. The highest BCUT2D eigenvalue weighted by Gasteiger charge is 2.19. The molecule has 0 aliphatic carbocycles. The van der Waals surface area contributed by atoms with Gasteiger partial charge < -0.3 is 10.2 Å². The first-order valence-electron chi connectivity index (χ1n) is 7.80. The Balaban J connectivity index is 1.70. The fourth-order valence-corrected chi connectivity index (χ4v) is 3.07. The molecule has 0 spiro atoms. The second-order valence-electron chi connectivity index (χ2n) is 5.87. The van der Waals surface area contributed by atoms with Crippen molar-refractivity contribution in [3.8, 4) is 0 Å². The van der Waals surface area contributed by atoms with E-state index in [0.717, 1.165) is 6.42 Å². The lowest BCUT2D eigenvalue weighted by Crippen LogP contribution is -2.46. The molecule has 1 aromatic carbocycles. The molecule has 1 atom stereocenters. The lowest BCUT2D eigenvalue weighted by molar-refractivity contribution is 0.192. The Morgan fingerprint density at radius 1 is 1.21 bits per heavy atom. The van der Waals surface area contributed by atoms with E-state index in [1.54, 1.807) is 0 Å². The van der Waals surface area contributed by atoms with E-state index in [4.69, 9.17) is 0 Å². The van der Waals surface area contributed by atoms with Crippen molar-refractivity contribution in [2.45, 2.75) is 51.6 Å². The largest absolute Gasteiger partial charge is 0.311 e. The van der Waals surface area contributed by atoms with Crippen LogP contribution in [-0.2, 0) is 6.42 Å². The summed E-state index contributed by atoms with van der Waals surface area (Å²) in [7, 11) is 0. The third-order valence-corrected chi connectivity index (χ3v) is 4.03. The van der Waals surface area contributed by atoms with Gasteiger partial charge >= 0.3 is 0 Å². The first kappa shape index (κ1) is 14.5. The second kappa shape index (κ2) is 7.66. The minimum absolute atomic E-state index is 0.574. The van der Waals surface area contributed by atoms with Crippen LogP contribution in [0.3, 0.4) is 0 Å². The van der Waals surface area contributed by atoms with Crippen LogP contribution in [0.15, 0.2) is 30.3 Å². The summed E-state index contributed by atoms with van der Waals surface area (Å²) in [6.07, 6.45) is 5.02. The van der Waals surface area contributed by atoms with Gasteiger partial charge in [-0.3, -0.25) is 0 Å². The summed E-state index contributed by atoms with van der Waals surface area (Å²) in [4.78, 5) is 2.60. The Morgan fingerprint density at radius 3 is 2.53 bits per heavy atom. The number of rotatable bonds is 6. The zero-order chi connectivity index (χ0) is 13.5. The van der Waals surface area contributed by atoms with Crippen molar-refractivity contribution >= 4 is 0 Å². The molecule has 2 rings (SSSR count).